The van der Waals surface area contributed by atoms with Crippen LogP contribution < -0.4 is 0 Å². The quantitative estimate of drug-likeness (QED) is 0.647. The van der Waals surface area contributed by atoms with Crippen molar-refractivity contribution in [2.24, 2.45) is 11.3 Å². The van der Waals surface area contributed by atoms with E-state index in [1.165, 1.54) is 7.11 Å². The molecule has 4 rings (SSSR count). The van der Waals surface area contributed by atoms with Crippen LogP contribution in [0.1, 0.15) is 38.5 Å². The molecule has 0 N–H and O–H groups in total. The van der Waals surface area contributed by atoms with E-state index in [1.54, 1.807) is 0 Å². The van der Waals surface area contributed by atoms with Gasteiger partial charge in [-0.15, -0.1) is 0 Å². The standard InChI is InChI=1S/C12H16F2O2/c1-16-9(15)10-2-8-3-11(13,5-10)7-12(14,4-8)6-10/h8H,2-7H2,1H3. The van der Waals surface area contributed by atoms with Gasteiger partial charge in [0.15, 0.2) is 0 Å². The Balaban J connectivity index is 2.01. The molecule has 0 radical (unpaired) electrons. The molecule has 2 atom stereocenters. The summed E-state index contributed by atoms with van der Waals surface area (Å²) in [5, 5.41) is 0. The van der Waals surface area contributed by atoms with Gasteiger partial charge in [0.05, 0.1) is 12.5 Å². The third-order valence-electron chi connectivity index (χ3n) is 4.55. The Bertz CT molecular complexity index is 337. The Labute approximate surface area is 93.3 Å². The SMILES string of the molecule is COC(=O)C12CC3CC(F)(CC(F)(C3)C1)C2. The zero-order valence-corrected chi connectivity index (χ0v) is 9.39. The molecular formula is C12H16F2O2. The molecular weight excluding hydrogens is 214 g/mol. The third kappa shape index (κ3) is 1.25. The fraction of sp³-hybridized carbons (Fsp3) is 0.917. The number of methoxy groups -OCH3 is 1. The second kappa shape index (κ2) is 2.77. The largest absolute Gasteiger partial charge is 0.469 e. The Kier molecular flexibility index (Phi) is 1.81. The van der Waals surface area contributed by atoms with Gasteiger partial charge in [0, 0.05) is 6.42 Å². The summed E-state index contributed by atoms with van der Waals surface area (Å²) in [5.41, 5.74) is -3.82. The van der Waals surface area contributed by atoms with E-state index >= 15 is 0 Å². The zero-order valence-electron chi connectivity index (χ0n) is 9.39. The summed E-state index contributed by atoms with van der Waals surface area (Å²) in [5.74, 6) is -0.397. The topological polar surface area (TPSA) is 26.3 Å². The summed E-state index contributed by atoms with van der Waals surface area (Å²) in [6.45, 7) is 0. The van der Waals surface area contributed by atoms with E-state index in [0.29, 0.717) is 19.3 Å². The molecule has 2 nitrogen and oxygen atoms in total. The van der Waals surface area contributed by atoms with Crippen LogP contribution in [0.3, 0.4) is 0 Å². The van der Waals surface area contributed by atoms with Crippen LogP contribution in [-0.4, -0.2) is 24.4 Å². The smallest absolute Gasteiger partial charge is 0.312 e. The van der Waals surface area contributed by atoms with Crippen LogP contribution >= 0.6 is 0 Å². The normalized spacial score (nSPS) is 54.1. The highest BCUT2D eigenvalue weighted by atomic mass is 19.2. The van der Waals surface area contributed by atoms with Crippen molar-refractivity contribution in [3.8, 4) is 0 Å². The lowest BCUT2D eigenvalue weighted by Crippen LogP contribution is -2.62. The van der Waals surface area contributed by atoms with Crippen molar-refractivity contribution in [3.63, 3.8) is 0 Å². The Morgan fingerprint density at radius 1 is 1.12 bits per heavy atom. The second-order valence-corrected chi connectivity index (χ2v) is 6.08. The molecule has 4 bridgehead atoms. The van der Waals surface area contributed by atoms with Crippen molar-refractivity contribution in [3.05, 3.63) is 0 Å². The third-order valence-corrected chi connectivity index (χ3v) is 4.55. The molecule has 16 heavy (non-hydrogen) atoms. The summed E-state index contributed by atoms with van der Waals surface area (Å²) in [6, 6.07) is 0. The minimum absolute atomic E-state index is 0.0186. The van der Waals surface area contributed by atoms with Gasteiger partial charge < -0.3 is 4.74 Å². The average Bonchev–Trinajstić information content (AvgIpc) is 2.10. The van der Waals surface area contributed by atoms with E-state index in [4.69, 9.17) is 4.74 Å². The van der Waals surface area contributed by atoms with E-state index in [9.17, 15) is 13.6 Å². The maximum Gasteiger partial charge on any atom is 0.312 e. The van der Waals surface area contributed by atoms with Gasteiger partial charge >= 0.3 is 5.97 Å². The van der Waals surface area contributed by atoms with Crippen molar-refractivity contribution in [2.75, 3.05) is 7.11 Å². The fourth-order valence-electron chi connectivity index (χ4n) is 4.65. The second-order valence-electron chi connectivity index (χ2n) is 6.08. The number of alkyl halides is 2. The van der Waals surface area contributed by atoms with Gasteiger partial charge in [-0.1, -0.05) is 0 Å². The van der Waals surface area contributed by atoms with E-state index in [0.717, 1.165) is 0 Å². The Morgan fingerprint density at radius 3 is 2.12 bits per heavy atom. The maximum atomic E-state index is 14.4. The highest BCUT2D eigenvalue weighted by Crippen LogP contribution is 2.65. The minimum Gasteiger partial charge on any atom is -0.469 e. The van der Waals surface area contributed by atoms with E-state index in [2.05, 4.69) is 0 Å². The van der Waals surface area contributed by atoms with Crippen LogP contribution in [0.5, 0.6) is 0 Å². The molecule has 0 spiro atoms. The lowest BCUT2D eigenvalue weighted by Gasteiger charge is -2.59. The Hall–Kier alpha value is -0.670. The molecule has 0 aromatic carbocycles. The van der Waals surface area contributed by atoms with Crippen LogP contribution in [0.4, 0.5) is 8.78 Å². The molecule has 0 aromatic heterocycles. The molecule has 0 amide bonds. The molecule has 2 unspecified atom stereocenters. The number of carbonyl (C=O) groups excluding carboxylic acids is 1. The summed E-state index contributed by atoms with van der Waals surface area (Å²) in [6.07, 6.45) is 1.77. The van der Waals surface area contributed by atoms with Gasteiger partial charge in [0.1, 0.15) is 11.3 Å². The number of ether oxygens (including phenoxy) is 1. The van der Waals surface area contributed by atoms with Crippen molar-refractivity contribution >= 4 is 5.97 Å². The summed E-state index contributed by atoms with van der Waals surface area (Å²) >= 11 is 0. The molecule has 4 aliphatic rings. The first kappa shape index (κ1) is 10.5. The molecule has 4 saturated carbocycles. The predicted molar refractivity (Wildman–Crippen MR) is 53.3 cm³/mol. The van der Waals surface area contributed by atoms with Crippen molar-refractivity contribution in [2.45, 2.75) is 49.9 Å². The van der Waals surface area contributed by atoms with Gasteiger partial charge in [0.25, 0.3) is 0 Å². The van der Waals surface area contributed by atoms with E-state index in [-0.39, 0.29) is 25.2 Å². The number of halogens is 2. The molecule has 4 aliphatic carbocycles. The molecule has 4 fully saturated rings. The lowest BCUT2D eigenvalue weighted by molar-refractivity contribution is -0.200. The zero-order chi connectivity index (χ0) is 11.6. The van der Waals surface area contributed by atoms with Gasteiger partial charge in [0.2, 0.25) is 0 Å². The first-order chi connectivity index (χ1) is 7.39. The molecule has 90 valence electrons. The van der Waals surface area contributed by atoms with Crippen LogP contribution in [0, 0.1) is 11.3 Å². The Morgan fingerprint density at radius 2 is 1.69 bits per heavy atom. The monoisotopic (exact) mass is 230 g/mol. The fourth-order valence-corrected chi connectivity index (χ4v) is 4.65. The van der Waals surface area contributed by atoms with Crippen LogP contribution in [0.15, 0.2) is 0 Å². The number of carbonyl (C=O) groups is 1. The van der Waals surface area contributed by atoms with E-state index < -0.39 is 22.7 Å². The van der Waals surface area contributed by atoms with Crippen molar-refractivity contribution in [1.29, 1.82) is 0 Å². The number of hydrogen-bond donors (Lipinski definition) is 0. The minimum atomic E-state index is -1.47. The van der Waals surface area contributed by atoms with Crippen LogP contribution in [0.25, 0.3) is 0 Å². The lowest BCUT2D eigenvalue weighted by atomic mass is 9.47. The first-order valence-corrected chi connectivity index (χ1v) is 5.85. The molecule has 0 aliphatic heterocycles. The number of rotatable bonds is 1. The van der Waals surface area contributed by atoms with Gasteiger partial charge in [-0.05, 0) is 38.0 Å². The summed E-state index contributed by atoms with van der Waals surface area (Å²) in [4.78, 5) is 11.8. The maximum absolute atomic E-state index is 14.4. The number of hydrogen-bond acceptors (Lipinski definition) is 2. The highest BCUT2D eigenvalue weighted by Gasteiger charge is 2.67. The van der Waals surface area contributed by atoms with Crippen molar-refractivity contribution in [1.82, 2.24) is 0 Å². The molecule has 0 heterocycles. The summed E-state index contributed by atoms with van der Waals surface area (Å²) < 4.78 is 33.6. The molecule has 0 aromatic rings. The van der Waals surface area contributed by atoms with Gasteiger partial charge in [-0.3, -0.25) is 4.79 Å². The van der Waals surface area contributed by atoms with Crippen LogP contribution in [0.2, 0.25) is 0 Å². The van der Waals surface area contributed by atoms with Crippen molar-refractivity contribution < 1.29 is 18.3 Å². The average molecular weight is 230 g/mol. The van der Waals surface area contributed by atoms with Crippen LogP contribution in [-0.2, 0) is 9.53 Å². The summed E-state index contributed by atoms with van der Waals surface area (Å²) in [7, 11) is 1.30. The molecule has 4 heteroatoms. The van der Waals surface area contributed by atoms with Gasteiger partial charge in [-0.25, -0.2) is 8.78 Å². The van der Waals surface area contributed by atoms with E-state index in [1.807, 2.05) is 0 Å². The first-order valence-electron chi connectivity index (χ1n) is 5.85. The molecule has 0 saturated heterocycles. The predicted octanol–water partition coefficient (Wildman–Crippen LogP) is 2.56. The number of esters is 1. The highest BCUT2D eigenvalue weighted by molar-refractivity contribution is 5.78. The van der Waals surface area contributed by atoms with Gasteiger partial charge in [-0.2, -0.15) is 0 Å².